The van der Waals surface area contributed by atoms with Gasteiger partial charge in [-0.1, -0.05) is 11.6 Å². The smallest absolute Gasteiger partial charge is 0.295 e. The molecule has 0 unspecified atom stereocenters. The Morgan fingerprint density at radius 2 is 2.26 bits per heavy atom. The van der Waals surface area contributed by atoms with E-state index in [2.05, 4.69) is 21.2 Å². The lowest BCUT2D eigenvalue weighted by Crippen LogP contribution is -2.02. The minimum atomic E-state index is -0.809. The summed E-state index contributed by atoms with van der Waals surface area (Å²) in [6.45, 7) is 0.390. The van der Waals surface area contributed by atoms with E-state index in [-0.39, 0.29) is 16.4 Å². The Balaban J connectivity index is 2.26. The molecule has 19 heavy (non-hydrogen) atoms. The number of nitrogens with zero attached hydrogens (tertiary/aromatic N) is 1. The number of nitro benzene ring substituents is 1. The fourth-order valence-electron chi connectivity index (χ4n) is 1.46. The maximum Gasteiger partial charge on any atom is 0.295 e. The number of hydrogen-bond donors (Lipinski definition) is 1. The Kier molecular flexibility index (Phi) is 4.38. The van der Waals surface area contributed by atoms with Crippen molar-refractivity contribution in [1.29, 1.82) is 0 Å². The van der Waals surface area contributed by atoms with Crippen LogP contribution >= 0.6 is 38.9 Å². The first-order valence-corrected chi connectivity index (χ1v) is 7.13. The molecule has 0 fully saturated rings. The molecule has 0 aliphatic carbocycles. The second-order valence-corrected chi connectivity index (χ2v) is 5.85. The van der Waals surface area contributed by atoms with Gasteiger partial charge in [0.1, 0.15) is 11.5 Å². The topological polar surface area (TPSA) is 55.2 Å². The number of benzene rings is 1. The van der Waals surface area contributed by atoms with E-state index >= 15 is 0 Å². The third-order valence-electron chi connectivity index (χ3n) is 2.37. The predicted molar refractivity (Wildman–Crippen MR) is 77.4 cm³/mol. The van der Waals surface area contributed by atoms with E-state index in [0.29, 0.717) is 6.54 Å². The van der Waals surface area contributed by atoms with E-state index in [1.165, 1.54) is 17.4 Å². The minimum absolute atomic E-state index is 0.154. The van der Waals surface area contributed by atoms with Gasteiger partial charge < -0.3 is 5.32 Å². The highest BCUT2D eigenvalue weighted by Crippen LogP contribution is 2.31. The average molecular weight is 366 g/mol. The molecule has 100 valence electrons. The summed E-state index contributed by atoms with van der Waals surface area (Å²) in [7, 11) is 0. The van der Waals surface area contributed by atoms with E-state index in [0.717, 1.165) is 15.4 Å². The van der Waals surface area contributed by atoms with Crippen molar-refractivity contribution in [2.75, 3.05) is 5.32 Å². The molecule has 0 saturated carbocycles. The summed E-state index contributed by atoms with van der Waals surface area (Å²) in [4.78, 5) is 11.2. The molecular weight excluding hydrogens is 359 g/mol. The van der Waals surface area contributed by atoms with Crippen LogP contribution in [0.25, 0.3) is 0 Å². The molecule has 0 saturated heterocycles. The van der Waals surface area contributed by atoms with Gasteiger partial charge in [0, 0.05) is 9.35 Å². The van der Waals surface area contributed by atoms with Gasteiger partial charge in [-0.2, -0.15) is 0 Å². The van der Waals surface area contributed by atoms with Gasteiger partial charge in [-0.15, -0.1) is 11.3 Å². The van der Waals surface area contributed by atoms with Crippen LogP contribution in [0.15, 0.2) is 28.1 Å². The van der Waals surface area contributed by atoms with Gasteiger partial charge in [0.25, 0.3) is 5.69 Å². The molecule has 1 N–H and O–H groups in total. The third kappa shape index (κ3) is 3.23. The van der Waals surface area contributed by atoms with Crippen molar-refractivity contribution >= 4 is 50.2 Å². The minimum Gasteiger partial charge on any atom is -0.375 e. The van der Waals surface area contributed by atoms with Crippen LogP contribution in [0.1, 0.15) is 4.88 Å². The maximum absolute atomic E-state index is 13.2. The molecule has 0 bridgehead atoms. The molecular formula is C11H7BrClFN2O2S. The highest BCUT2D eigenvalue weighted by molar-refractivity contribution is 9.10. The number of anilines is 1. The summed E-state index contributed by atoms with van der Waals surface area (Å²) in [6, 6.07) is 3.92. The van der Waals surface area contributed by atoms with Crippen molar-refractivity contribution in [3.63, 3.8) is 0 Å². The van der Waals surface area contributed by atoms with E-state index in [9.17, 15) is 14.5 Å². The number of hydrogen-bond acceptors (Lipinski definition) is 4. The molecule has 2 aromatic rings. The quantitative estimate of drug-likeness (QED) is 0.624. The second-order valence-electron chi connectivity index (χ2n) is 3.59. The average Bonchev–Trinajstić information content (AvgIpc) is 2.75. The van der Waals surface area contributed by atoms with Gasteiger partial charge in [-0.05, 0) is 33.4 Å². The van der Waals surface area contributed by atoms with Crippen molar-refractivity contribution < 1.29 is 9.31 Å². The summed E-state index contributed by atoms with van der Waals surface area (Å²) < 4.78 is 14.1. The first-order chi connectivity index (χ1) is 8.99. The van der Waals surface area contributed by atoms with Crippen LogP contribution in [0.4, 0.5) is 15.8 Å². The number of halogens is 3. The Hall–Kier alpha value is -1.18. The Morgan fingerprint density at radius 3 is 2.84 bits per heavy atom. The van der Waals surface area contributed by atoms with E-state index < -0.39 is 10.7 Å². The Bertz CT molecular complexity index is 635. The van der Waals surface area contributed by atoms with Gasteiger partial charge in [0.15, 0.2) is 0 Å². The molecule has 0 amide bonds. The normalized spacial score (nSPS) is 10.5. The van der Waals surface area contributed by atoms with Crippen LogP contribution in [-0.2, 0) is 6.54 Å². The molecule has 0 radical (unpaired) electrons. The largest absolute Gasteiger partial charge is 0.375 e. The standard InChI is InChI=1S/C11H7BrClFN2O2S/c12-6-1-2-19-11(6)5-15-9-3-7(13)8(14)4-10(9)16(17)18/h1-4,15H,5H2. The number of thiophene rings is 1. The van der Waals surface area contributed by atoms with E-state index in [4.69, 9.17) is 11.6 Å². The van der Waals surface area contributed by atoms with Crippen molar-refractivity contribution in [2.24, 2.45) is 0 Å². The number of rotatable bonds is 4. The molecule has 0 aliphatic rings. The highest BCUT2D eigenvalue weighted by atomic mass is 79.9. The lowest BCUT2D eigenvalue weighted by Gasteiger charge is -2.07. The fourth-order valence-corrected chi connectivity index (χ4v) is 3.05. The van der Waals surface area contributed by atoms with E-state index in [1.807, 2.05) is 11.4 Å². The summed E-state index contributed by atoms with van der Waals surface area (Å²) in [6.07, 6.45) is 0. The van der Waals surface area contributed by atoms with Crippen molar-refractivity contribution in [3.8, 4) is 0 Å². The van der Waals surface area contributed by atoms with Crippen molar-refractivity contribution in [2.45, 2.75) is 6.54 Å². The monoisotopic (exact) mass is 364 g/mol. The molecule has 2 rings (SSSR count). The first-order valence-electron chi connectivity index (χ1n) is 5.08. The molecule has 4 nitrogen and oxygen atoms in total. The second kappa shape index (κ2) is 5.85. The van der Waals surface area contributed by atoms with Gasteiger partial charge in [-0.25, -0.2) is 4.39 Å². The van der Waals surface area contributed by atoms with Gasteiger partial charge in [0.2, 0.25) is 0 Å². The van der Waals surface area contributed by atoms with Crippen LogP contribution in [0.5, 0.6) is 0 Å². The van der Waals surface area contributed by atoms with Gasteiger partial charge in [0.05, 0.1) is 22.6 Å². The lowest BCUT2D eigenvalue weighted by molar-refractivity contribution is -0.384. The molecule has 1 aromatic heterocycles. The third-order valence-corrected chi connectivity index (χ3v) is 4.58. The molecule has 0 spiro atoms. The zero-order valence-electron chi connectivity index (χ0n) is 9.32. The molecule has 1 aromatic carbocycles. The summed E-state index contributed by atoms with van der Waals surface area (Å²) >= 11 is 10.5. The first kappa shape index (κ1) is 14.2. The van der Waals surface area contributed by atoms with Crippen molar-refractivity contribution in [3.05, 3.63) is 53.9 Å². The highest BCUT2D eigenvalue weighted by Gasteiger charge is 2.18. The molecule has 0 aliphatic heterocycles. The fraction of sp³-hybridized carbons (Fsp3) is 0.0909. The van der Waals surface area contributed by atoms with Gasteiger partial charge >= 0.3 is 0 Å². The SMILES string of the molecule is O=[N+]([O-])c1cc(F)c(Cl)cc1NCc1sccc1Br. The van der Waals surface area contributed by atoms with Crippen LogP contribution in [0, 0.1) is 15.9 Å². The Morgan fingerprint density at radius 1 is 1.53 bits per heavy atom. The summed E-state index contributed by atoms with van der Waals surface area (Å²) in [5.74, 6) is -0.809. The maximum atomic E-state index is 13.2. The van der Waals surface area contributed by atoms with Crippen LogP contribution in [-0.4, -0.2) is 4.92 Å². The predicted octanol–water partition coefficient (Wildman–Crippen LogP) is 4.82. The summed E-state index contributed by atoms with van der Waals surface area (Å²) in [5.41, 5.74) is -0.147. The lowest BCUT2D eigenvalue weighted by atomic mass is 10.2. The number of nitro groups is 1. The number of nitrogens with one attached hydrogen (secondary N) is 1. The van der Waals surface area contributed by atoms with Crippen molar-refractivity contribution in [1.82, 2.24) is 0 Å². The van der Waals surface area contributed by atoms with Crippen LogP contribution in [0.2, 0.25) is 5.02 Å². The molecule has 8 heteroatoms. The van der Waals surface area contributed by atoms with Crippen LogP contribution < -0.4 is 5.32 Å². The Labute approximate surface area is 125 Å². The summed E-state index contributed by atoms with van der Waals surface area (Å²) in [5, 5.41) is 15.5. The zero-order chi connectivity index (χ0) is 14.0. The van der Waals surface area contributed by atoms with Gasteiger partial charge in [-0.3, -0.25) is 10.1 Å². The van der Waals surface area contributed by atoms with E-state index in [1.54, 1.807) is 0 Å². The van der Waals surface area contributed by atoms with Crippen LogP contribution in [0.3, 0.4) is 0 Å². The zero-order valence-corrected chi connectivity index (χ0v) is 12.5. The molecule has 1 heterocycles. The molecule has 0 atom stereocenters.